The molecule has 1 aromatic carbocycles. The van der Waals surface area contributed by atoms with E-state index in [4.69, 9.17) is 5.73 Å². The lowest BCUT2D eigenvalue weighted by Crippen LogP contribution is -2.56. The number of rotatable bonds is 5. The summed E-state index contributed by atoms with van der Waals surface area (Å²) in [5.41, 5.74) is 5.11. The van der Waals surface area contributed by atoms with Crippen LogP contribution in [0, 0.1) is 0 Å². The number of halogens is 1. The Morgan fingerprint density at radius 1 is 1.55 bits per heavy atom. The Balaban J connectivity index is 2.05. The number of nitrogens with one attached hydrogen (secondary N) is 1. The monoisotopic (exact) mass is 356 g/mol. The minimum atomic E-state index is -0.530. The SMILES string of the molecule is CC(C)NC1(C(N)=O)CCC(Sc2cccc(Br)c2)C1. The molecule has 3 N–H and O–H groups in total. The van der Waals surface area contributed by atoms with Crippen LogP contribution in [0.15, 0.2) is 33.6 Å². The van der Waals surface area contributed by atoms with E-state index in [1.54, 1.807) is 0 Å². The van der Waals surface area contributed by atoms with E-state index in [1.165, 1.54) is 4.90 Å². The molecule has 0 aliphatic heterocycles. The van der Waals surface area contributed by atoms with Crippen LogP contribution in [0.25, 0.3) is 0 Å². The van der Waals surface area contributed by atoms with Gasteiger partial charge in [-0.25, -0.2) is 0 Å². The van der Waals surface area contributed by atoms with Crippen molar-refractivity contribution in [3.8, 4) is 0 Å². The first-order chi connectivity index (χ1) is 9.41. The van der Waals surface area contributed by atoms with Crippen molar-refractivity contribution < 1.29 is 4.79 Å². The van der Waals surface area contributed by atoms with E-state index in [2.05, 4.69) is 47.2 Å². The van der Waals surface area contributed by atoms with Crippen LogP contribution in [0.3, 0.4) is 0 Å². The maximum absolute atomic E-state index is 11.9. The highest BCUT2D eigenvalue weighted by Gasteiger charge is 2.44. The second-order valence-electron chi connectivity index (χ2n) is 5.69. The molecule has 2 atom stereocenters. The van der Waals surface area contributed by atoms with Crippen molar-refractivity contribution in [1.29, 1.82) is 0 Å². The Morgan fingerprint density at radius 3 is 2.90 bits per heavy atom. The van der Waals surface area contributed by atoms with Crippen molar-refractivity contribution in [3.05, 3.63) is 28.7 Å². The lowest BCUT2D eigenvalue weighted by molar-refractivity contribution is -0.124. The van der Waals surface area contributed by atoms with Crippen LogP contribution < -0.4 is 11.1 Å². The second-order valence-corrected chi connectivity index (χ2v) is 7.97. The average molecular weight is 357 g/mol. The van der Waals surface area contributed by atoms with Gasteiger partial charge in [-0.1, -0.05) is 22.0 Å². The molecule has 0 bridgehead atoms. The van der Waals surface area contributed by atoms with Gasteiger partial charge in [0.25, 0.3) is 0 Å². The molecule has 1 saturated carbocycles. The molecule has 20 heavy (non-hydrogen) atoms. The average Bonchev–Trinajstić information content (AvgIpc) is 2.72. The van der Waals surface area contributed by atoms with Crippen molar-refractivity contribution in [2.45, 2.75) is 54.8 Å². The van der Waals surface area contributed by atoms with Gasteiger partial charge in [-0.15, -0.1) is 11.8 Å². The molecule has 1 aromatic rings. The zero-order valence-electron chi connectivity index (χ0n) is 11.9. The van der Waals surface area contributed by atoms with Gasteiger partial charge >= 0.3 is 0 Å². The Kier molecular flexibility index (Phi) is 5.15. The molecule has 0 spiro atoms. The molecule has 1 aliphatic carbocycles. The molecule has 1 amide bonds. The van der Waals surface area contributed by atoms with Crippen LogP contribution in [0.1, 0.15) is 33.1 Å². The summed E-state index contributed by atoms with van der Waals surface area (Å²) in [5.74, 6) is -0.219. The van der Waals surface area contributed by atoms with Gasteiger partial charge in [0.05, 0.1) is 5.54 Å². The lowest BCUT2D eigenvalue weighted by Gasteiger charge is -2.29. The van der Waals surface area contributed by atoms with E-state index in [-0.39, 0.29) is 11.9 Å². The third kappa shape index (κ3) is 3.77. The summed E-state index contributed by atoms with van der Waals surface area (Å²) in [6.45, 7) is 4.11. The summed E-state index contributed by atoms with van der Waals surface area (Å²) in [6, 6.07) is 8.54. The largest absolute Gasteiger partial charge is 0.368 e. The fraction of sp³-hybridized carbons (Fsp3) is 0.533. The third-order valence-electron chi connectivity index (χ3n) is 3.60. The molecular formula is C15H21BrN2OS. The van der Waals surface area contributed by atoms with Gasteiger partial charge < -0.3 is 11.1 Å². The predicted molar refractivity (Wildman–Crippen MR) is 87.8 cm³/mol. The first-order valence-corrected chi connectivity index (χ1v) is 8.58. The molecule has 0 heterocycles. The van der Waals surface area contributed by atoms with E-state index >= 15 is 0 Å². The highest BCUT2D eigenvalue weighted by Crippen LogP contribution is 2.40. The topological polar surface area (TPSA) is 55.1 Å². The first-order valence-electron chi connectivity index (χ1n) is 6.91. The van der Waals surface area contributed by atoms with E-state index in [0.717, 1.165) is 23.7 Å². The van der Waals surface area contributed by atoms with Gasteiger partial charge in [0, 0.05) is 20.7 Å². The molecule has 2 rings (SSSR count). The first kappa shape index (κ1) is 15.9. The van der Waals surface area contributed by atoms with Gasteiger partial charge in [-0.3, -0.25) is 4.79 Å². The molecule has 1 fully saturated rings. The summed E-state index contributed by atoms with van der Waals surface area (Å²) in [4.78, 5) is 13.1. The Hall–Kier alpha value is -0.520. The Labute approximate surface area is 133 Å². The zero-order valence-corrected chi connectivity index (χ0v) is 14.3. The van der Waals surface area contributed by atoms with Crippen LogP contribution in [-0.2, 0) is 4.79 Å². The number of amides is 1. The minimum Gasteiger partial charge on any atom is -0.368 e. The number of benzene rings is 1. The normalized spacial score (nSPS) is 26.1. The number of primary amides is 1. The smallest absolute Gasteiger partial charge is 0.237 e. The minimum absolute atomic E-state index is 0.219. The molecule has 0 radical (unpaired) electrons. The van der Waals surface area contributed by atoms with Gasteiger partial charge in [0.1, 0.15) is 0 Å². The molecule has 2 unspecified atom stereocenters. The van der Waals surface area contributed by atoms with Gasteiger partial charge in [-0.2, -0.15) is 0 Å². The van der Waals surface area contributed by atoms with Crippen molar-refractivity contribution >= 4 is 33.6 Å². The molecule has 1 aliphatic rings. The molecule has 3 nitrogen and oxygen atoms in total. The lowest BCUT2D eigenvalue weighted by atomic mass is 9.96. The zero-order chi connectivity index (χ0) is 14.8. The van der Waals surface area contributed by atoms with Crippen LogP contribution in [0.2, 0.25) is 0 Å². The fourth-order valence-electron chi connectivity index (χ4n) is 2.81. The van der Waals surface area contributed by atoms with Crippen LogP contribution in [0.5, 0.6) is 0 Å². The fourth-order valence-corrected chi connectivity index (χ4v) is 4.70. The van der Waals surface area contributed by atoms with Crippen molar-refractivity contribution in [2.75, 3.05) is 0 Å². The molecule has 110 valence electrons. The van der Waals surface area contributed by atoms with Crippen LogP contribution in [-0.4, -0.2) is 22.7 Å². The van der Waals surface area contributed by atoms with E-state index in [0.29, 0.717) is 5.25 Å². The summed E-state index contributed by atoms with van der Waals surface area (Å²) < 4.78 is 1.09. The van der Waals surface area contributed by atoms with Crippen LogP contribution in [0.4, 0.5) is 0 Å². The summed E-state index contributed by atoms with van der Waals surface area (Å²) in [5, 5.41) is 3.82. The molecule has 0 aromatic heterocycles. The summed E-state index contributed by atoms with van der Waals surface area (Å²) in [7, 11) is 0. The van der Waals surface area contributed by atoms with Crippen LogP contribution >= 0.6 is 27.7 Å². The van der Waals surface area contributed by atoms with Crippen molar-refractivity contribution in [2.24, 2.45) is 5.73 Å². The van der Waals surface area contributed by atoms with Gasteiger partial charge in [0.2, 0.25) is 5.91 Å². The Bertz CT molecular complexity index is 495. The maximum atomic E-state index is 11.9. The predicted octanol–water partition coefficient (Wildman–Crippen LogP) is 3.32. The summed E-state index contributed by atoms with van der Waals surface area (Å²) in [6.07, 6.45) is 2.64. The number of hydrogen-bond donors (Lipinski definition) is 2. The highest BCUT2D eigenvalue weighted by atomic mass is 79.9. The van der Waals surface area contributed by atoms with Crippen molar-refractivity contribution in [3.63, 3.8) is 0 Å². The van der Waals surface area contributed by atoms with E-state index in [1.807, 2.05) is 23.9 Å². The standard InChI is InChI=1S/C15H21BrN2OS/c1-10(2)18-15(14(17)19)7-6-13(9-15)20-12-5-3-4-11(16)8-12/h3-5,8,10,13,18H,6-7,9H2,1-2H3,(H2,17,19). The van der Waals surface area contributed by atoms with Gasteiger partial charge in [0.15, 0.2) is 0 Å². The van der Waals surface area contributed by atoms with E-state index in [9.17, 15) is 4.79 Å². The molecule has 0 saturated heterocycles. The highest BCUT2D eigenvalue weighted by molar-refractivity contribution is 9.10. The van der Waals surface area contributed by atoms with Crippen molar-refractivity contribution in [1.82, 2.24) is 5.32 Å². The quantitative estimate of drug-likeness (QED) is 0.850. The van der Waals surface area contributed by atoms with E-state index < -0.39 is 5.54 Å². The third-order valence-corrected chi connectivity index (χ3v) is 5.36. The molecular weight excluding hydrogens is 336 g/mol. The number of nitrogens with two attached hydrogens (primary N) is 1. The maximum Gasteiger partial charge on any atom is 0.237 e. The number of carbonyl (C=O) groups excluding carboxylic acids is 1. The second kappa shape index (κ2) is 6.50. The Morgan fingerprint density at radius 2 is 2.30 bits per heavy atom. The number of hydrogen-bond acceptors (Lipinski definition) is 3. The van der Waals surface area contributed by atoms with Gasteiger partial charge in [-0.05, 0) is 51.3 Å². The number of thioether (sulfide) groups is 1. The summed E-state index contributed by atoms with van der Waals surface area (Å²) >= 11 is 5.32. The molecule has 5 heteroatoms. The number of carbonyl (C=O) groups is 1.